The number of anilines is 1. The fourth-order valence-electron chi connectivity index (χ4n) is 4.20. The van der Waals surface area contributed by atoms with E-state index in [0.29, 0.717) is 22.4 Å². The summed E-state index contributed by atoms with van der Waals surface area (Å²) in [7, 11) is 5.35. The SMILES string of the molecule is COc1ccc(/C(O)=C2\C(=O)C(=O)N(Cc3ccc(C(=O)O)cc3)C2c2ccc(N(C)C)cc2)cc1. The van der Waals surface area contributed by atoms with Crippen LogP contribution in [0.15, 0.2) is 78.4 Å². The van der Waals surface area contributed by atoms with Crippen LogP contribution < -0.4 is 9.64 Å². The van der Waals surface area contributed by atoms with E-state index >= 15 is 0 Å². The van der Waals surface area contributed by atoms with Crippen molar-refractivity contribution in [3.63, 3.8) is 0 Å². The Morgan fingerprint density at radius 3 is 2.00 bits per heavy atom. The Balaban J connectivity index is 1.81. The summed E-state index contributed by atoms with van der Waals surface area (Å²) in [6.07, 6.45) is 0. The van der Waals surface area contributed by atoms with Gasteiger partial charge in [0.25, 0.3) is 11.7 Å². The van der Waals surface area contributed by atoms with Crippen molar-refractivity contribution in [3.05, 3.63) is 101 Å². The second-order valence-corrected chi connectivity index (χ2v) is 8.64. The number of carboxylic acids is 1. The molecule has 36 heavy (non-hydrogen) atoms. The minimum atomic E-state index is -1.05. The molecular weight excluding hydrogens is 460 g/mol. The third-order valence-corrected chi connectivity index (χ3v) is 6.18. The molecule has 8 nitrogen and oxygen atoms in total. The first-order valence-electron chi connectivity index (χ1n) is 11.2. The van der Waals surface area contributed by atoms with E-state index in [2.05, 4.69) is 0 Å². The quantitative estimate of drug-likeness (QED) is 0.294. The van der Waals surface area contributed by atoms with Gasteiger partial charge in [0.2, 0.25) is 0 Å². The van der Waals surface area contributed by atoms with Crippen molar-refractivity contribution in [3.8, 4) is 5.75 Å². The number of carbonyl (C=O) groups is 3. The van der Waals surface area contributed by atoms with Gasteiger partial charge < -0.3 is 24.7 Å². The van der Waals surface area contributed by atoms with E-state index in [4.69, 9.17) is 4.74 Å². The van der Waals surface area contributed by atoms with Gasteiger partial charge >= 0.3 is 5.97 Å². The van der Waals surface area contributed by atoms with Crippen molar-refractivity contribution in [1.82, 2.24) is 4.90 Å². The van der Waals surface area contributed by atoms with Crippen LogP contribution in [0.3, 0.4) is 0 Å². The maximum absolute atomic E-state index is 13.2. The molecule has 0 spiro atoms. The molecule has 1 heterocycles. The zero-order valence-electron chi connectivity index (χ0n) is 20.1. The average molecular weight is 487 g/mol. The van der Waals surface area contributed by atoms with Crippen LogP contribution in [0, 0.1) is 0 Å². The summed E-state index contributed by atoms with van der Waals surface area (Å²) in [5, 5.41) is 20.4. The molecule has 2 N–H and O–H groups in total. The van der Waals surface area contributed by atoms with E-state index in [-0.39, 0.29) is 23.4 Å². The van der Waals surface area contributed by atoms with Crippen LogP contribution in [0.25, 0.3) is 5.76 Å². The predicted molar refractivity (Wildman–Crippen MR) is 135 cm³/mol. The Morgan fingerprint density at radius 1 is 0.889 bits per heavy atom. The first kappa shape index (κ1) is 24.5. The monoisotopic (exact) mass is 486 g/mol. The van der Waals surface area contributed by atoms with Crippen molar-refractivity contribution in [2.45, 2.75) is 12.6 Å². The number of hydrogen-bond acceptors (Lipinski definition) is 6. The van der Waals surface area contributed by atoms with Gasteiger partial charge in [0.1, 0.15) is 11.5 Å². The summed E-state index contributed by atoms with van der Waals surface area (Å²) in [6.45, 7) is 0.0595. The molecule has 3 aromatic rings. The van der Waals surface area contributed by atoms with Gasteiger partial charge in [-0.05, 0) is 59.7 Å². The van der Waals surface area contributed by atoms with E-state index in [1.807, 2.05) is 43.3 Å². The lowest BCUT2D eigenvalue weighted by molar-refractivity contribution is -0.140. The van der Waals surface area contributed by atoms with Crippen LogP contribution in [0.2, 0.25) is 0 Å². The second-order valence-electron chi connectivity index (χ2n) is 8.64. The molecule has 0 aromatic heterocycles. The number of ether oxygens (including phenoxy) is 1. The molecule has 3 aromatic carbocycles. The maximum Gasteiger partial charge on any atom is 0.335 e. The summed E-state index contributed by atoms with van der Waals surface area (Å²) in [5.74, 6) is -2.27. The van der Waals surface area contributed by atoms with Gasteiger partial charge in [0.15, 0.2) is 0 Å². The molecule has 184 valence electrons. The Kier molecular flexibility index (Phi) is 6.78. The molecule has 0 saturated carbocycles. The number of nitrogens with zero attached hydrogens (tertiary/aromatic N) is 2. The average Bonchev–Trinajstić information content (AvgIpc) is 3.13. The molecule has 1 saturated heterocycles. The van der Waals surface area contributed by atoms with E-state index in [1.165, 1.54) is 24.1 Å². The van der Waals surface area contributed by atoms with Crippen LogP contribution in [0.5, 0.6) is 5.75 Å². The number of aliphatic hydroxyl groups is 1. The number of methoxy groups -OCH3 is 1. The molecule has 1 amide bonds. The van der Waals surface area contributed by atoms with Gasteiger partial charge in [-0.1, -0.05) is 24.3 Å². The Morgan fingerprint density at radius 2 is 1.47 bits per heavy atom. The molecule has 1 aliphatic heterocycles. The van der Waals surface area contributed by atoms with Gasteiger partial charge in [-0.15, -0.1) is 0 Å². The van der Waals surface area contributed by atoms with Crippen LogP contribution in [-0.4, -0.2) is 54.0 Å². The Hall–Kier alpha value is -4.59. The van der Waals surface area contributed by atoms with Crippen molar-refractivity contribution < 1.29 is 29.3 Å². The largest absolute Gasteiger partial charge is 0.507 e. The number of ketones is 1. The van der Waals surface area contributed by atoms with Crippen LogP contribution in [-0.2, 0) is 16.1 Å². The van der Waals surface area contributed by atoms with Gasteiger partial charge in [0, 0.05) is 31.9 Å². The van der Waals surface area contributed by atoms with Crippen LogP contribution >= 0.6 is 0 Å². The smallest absolute Gasteiger partial charge is 0.335 e. The van der Waals surface area contributed by atoms with E-state index < -0.39 is 23.7 Å². The van der Waals surface area contributed by atoms with Crippen LogP contribution in [0.4, 0.5) is 5.69 Å². The normalized spacial score (nSPS) is 16.8. The van der Waals surface area contributed by atoms with Gasteiger partial charge in [-0.2, -0.15) is 0 Å². The highest BCUT2D eigenvalue weighted by Gasteiger charge is 2.46. The first-order chi connectivity index (χ1) is 17.2. The van der Waals surface area contributed by atoms with E-state index in [0.717, 1.165) is 5.69 Å². The number of Topliss-reactive ketones (excluding diaryl/α,β-unsaturated/α-hetero) is 1. The minimum Gasteiger partial charge on any atom is -0.507 e. The fraction of sp³-hybridized carbons (Fsp3) is 0.179. The highest BCUT2D eigenvalue weighted by atomic mass is 16.5. The summed E-state index contributed by atoms with van der Waals surface area (Å²) in [5.41, 5.74) is 2.75. The number of likely N-dealkylation sites (tertiary alicyclic amines) is 1. The molecule has 0 bridgehead atoms. The van der Waals surface area contributed by atoms with Gasteiger partial charge in [0.05, 0.1) is 24.3 Å². The zero-order valence-corrected chi connectivity index (χ0v) is 20.1. The van der Waals surface area contributed by atoms with Crippen molar-refractivity contribution in [1.29, 1.82) is 0 Å². The number of benzene rings is 3. The van der Waals surface area contributed by atoms with E-state index in [9.17, 15) is 24.6 Å². The fourth-order valence-corrected chi connectivity index (χ4v) is 4.20. The molecule has 8 heteroatoms. The van der Waals surface area contributed by atoms with Crippen molar-refractivity contribution in [2.75, 3.05) is 26.1 Å². The number of aromatic carboxylic acids is 1. The lowest BCUT2D eigenvalue weighted by Gasteiger charge is -2.26. The lowest BCUT2D eigenvalue weighted by Crippen LogP contribution is -2.29. The maximum atomic E-state index is 13.2. The number of aliphatic hydroxyl groups excluding tert-OH is 1. The summed E-state index contributed by atoms with van der Waals surface area (Å²) in [6, 6.07) is 19.3. The highest BCUT2D eigenvalue weighted by Crippen LogP contribution is 2.40. The highest BCUT2D eigenvalue weighted by molar-refractivity contribution is 6.46. The molecule has 1 fully saturated rings. The van der Waals surface area contributed by atoms with Gasteiger partial charge in [-0.25, -0.2) is 4.79 Å². The topological polar surface area (TPSA) is 107 Å². The van der Waals surface area contributed by atoms with E-state index in [1.54, 1.807) is 36.4 Å². The number of rotatable bonds is 7. The van der Waals surface area contributed by atoms with Crippen molar-refractivity contribution >= 4 is 29.1 Å². The van der Waals surface area contributed by atoms with Crippen LogP contribution in [0.1, 0.15) is 33.1 Å². The van der Waals surface area contributed by atoms with Crippen molar-refractivity contribution in [2.24, 2.45) is 0 Å². The third kappa shape index (κ3) is 4.65. The Bertz CT molecular complexity index is 1330. The Labute approximate surface area is 208 Å². The van der Waals surface area contributed by atoms with Gasteiger partial charge in [-0.3, -0.25) is 9.59 Å². The standard InChI is InChI=1S/C28H26N2O6/c1-29(2)21-12-8-18(9-13-21)24-23(25(31)19-10-14-22(36-3)15-11-19)26(32)27(33)30(24)16-17-4-6-20(7-5-17)28(34)35/h4-15,24,31H,16H2,1-3H3,(H,34,35)/b25-23+. The first-order valence-corrected chi connectivity index (χ1v) is 11.2. The molecule has 0 radical (unpaired) electrons. The molecular formula is C28H26N2O6. The molecule has 1 unspecified atom stereocenters. The summed E-state index contributed by atoms with van der Waals surface area (Å²) >= 11 is 0. The second kappa shape index (κ2) is 9.95. The molecule has 4 rings (SSSR count). The number of amides is 1. The number of carbonyl (C=O) groups excluding carboxylic acids is 2. The molecule has 1 aliphatic rings. The number of carboxylic acid groups (broad SMARTS) is 1. The zero-order chi connectivity index (χ0) is 26.0. The summed E-state index contributed by atoms with van der Waals surface area (Å²) < 4.78 is 5.17. The molecule has 0 aliphatic carbocycles. The minimum absolute atomic E-state index is 0.00933. The summed E-state index contributed by atoms with van der Waals surface area (Å²) in [4.78, 5) is 41.0. The predicted octanol–water partition coefficient (Wildman–Crippen LogP) is 4.08. The lowest BCUT2D eigenvalue weighted by atomic mass is 9.95. The third-order valence-electron chi connectivity index (χ3n) is 6.18. The molecule has 1 atom stereocenters. The number of hydrogen-bond donors (Lipinski definition) is 2.